The molecule has 0 aromatic heterocycles. The van der Waals surface area contributed by atoms with Gasteiger partial charge in [0.05, 0.1) is 0 Å². The largest absolute Gasteiger partial charge is 1.00 e. The fourth-order valence-corrected chi connectivity index (χ4v) is 3.37. The zero-order valence-corrected chi connectivity index (χ0v) is 17.5. The second-order valence-corrected chi connectivity index (χ2v) is 6.60. The Labute approximate surface area is 164 Å². The molecular weight excluding hydrogens is 318 g/mol. The summed E-state index contributed by atoms with van der Waals surface area (Å²) in [4.78, 5) is 21.7. The number of carbonyl (C=O) groups excluding carboxylic acids is 2. The number of hydrogen-bond acceptors (Lipinski definition) is 3. The molecule has 1 fully saturated rings. The zero-order chi connectivity index (χ0) is 14.0. The molecule has 0 aromatic rings. The van der Waals surface area contributed by atoms with Crippen molar-refractivity contribution >= 4 is 12.0 Å². The van der Waals surface area contributed by atoms with Gasteiger partial charge in [-0.1, -0.05) is 20.8 Å². The summed E-state index contributed by atoms with van der Waals surface area (Å²) in [6.45, 7) is 8.42. The molecule has 2 atom stereocenters. The summed E-state index contributed by atoms with van der Waals surface area (Å²) >= 11 is 0. The molecule has 1 rings (SSSR count). The van der Waals surface area contributed by atoms with Gasteiger partial charge in [0.15, 0.2) is 0 Å². The quantitative estimate of drug-likeness (QED) is 0.603. The second kappa shape index (κ2) is 7.52. The van der Waals surface area contributed by atoms with Crippen LogP contribution in [0.1, 0.15) is 47.0 Å². The number of amides is 2. The summed E-state index contributed by atoms with van der Waals surface area (Å²) in [6, 6.07) is -0.0995. The predicted molar refractivity (Wildman–Crippen MR) is 66.7 cm³/mol. The molecule has 0 spiro atoms. The average molecular weight is 341 g/mol. The van der Waals surface area contributed by atoms with E-state index in [2.05, 4.69) is 31.4 Å². The van der Waals surface area contributed by atoms with Crippen LogP contribution in [0.25, 0.3) is 0 Å². The Balaban J connectivity index is 0.00000324. The third-order valence-corrected chi connectivity index (χ3v) is 3.53. The van der Waals surface area contributed by atoms with Gasteiger partial charge in [0.25, 0.3) is 0 Å². The summed E-state index contributed by atoms with van der Waals surface area (Å²) in [5, 5.41) is 16.0. The van der Waals surface area contributed by atoms with Crippen LogP contribution in [0.4, 0.5) is 4.79 Å². The fourth-order valence-electron chi connectivity index (χ4n) is 3.37. The summed E-state index contributed by atoms with van der Waals surface area (Å²) in [6.07, 6.45) is 1.27. The third-order valence-electron chi connectivity index (χ3n) is 3.53. The number of carboxylic acid groups (broad SMARTS) is 1. The van der Waals surface area contributed by atoms with Gasteiger partial charge >= 0.3 is 58.2 Å². The molecule has 1 aliphatic carbocycles. The number of carbonyl (C=O) groups is 2. The Kier molecular flexibility index (Phi) is 7.74. The first kappa shape index (κ1) is 19.5. The standard InChI is InChI=1S/C13H24N2O3.Rb/c1-9(16)14-8-13(4)6-10(15-11(17)18)5-12(2,3)7-13;/h10,15H,5-8H2,1-4H3,(H,14,16)(H,17,18);/q;+1/p-1. The van der Waals surface area contributed by atoms with Crippen LogP contribution in [0.2, 0.25) is 0 Å². The number of hydrogen-bond donors (Lipinski definition) is 2. The molecule has 5 nitrogen and oxygen atoms in total. The first-order valence-corrected chi connectivity index (χ1v) is 6.34. The minimum Gasteiger partial charge on any atom is -0.530 e. The Morgan fingerprint density at radius 2 is 1.84 bits per heavy atom. The molecule has 0 aliphatic heterocycles. The Morgan fingerprint density at radius 1 is 1.26 bits per heavy atom. The molecule has 104 valence electrons. The van der Waals surface area contributed by atoms with Crippen molar-refractivity contribution in [2.45, 2.75) is 53.0 Å². The molecule has 0 radical (unpaired) electrons. The maximum atomic E-state index is 11.0. The van der Waals surface area contributed by atoms with E-state index in [4.69, 9.17) is 0 Å². The summed E-state index contributed by atoms with van der Waals surface area (Å²) < 4.78 is 0. The van der Waals surface area contributed by atoms with Crippen molar-refractivity contribution in [3.8, 4) is 0 Å². The van der Waals surface area contributed by atoms with Gasteiger partial charge in [0, 0.05) is 19.5 Å². The summed E-state index contributed by atoms with van der Waals surface area (Å²) in [5.41, 5.74) is -0.0286. The molecule has 2 amide bonds. The van der Waals surface area contributed by atoms with Gasteiger partial charge < -0.3 is 20.5 Å². The van der Waals surface area contributed by atoms with Crippen LogP contribution in [0, 0.1) is 10.8 Å². The van der Waals surface area contributed by atoms with Gasteiger partial charge in [-0.2, -0.15) is 0 Å². The van der Waals surface area contributed by atoms with Crippen LogP contribution < -0.4 is 73.9 Å². The number of nitrogens with one attached hydrogen (secondary N) is 2. The third kappa shape index (κ3) is 7.20. The zero-order valence-electron chi connectivity index (χ0n) is 12.6. The molecule has 0 heterocycles. The molecule has 19 heavy (non-hydrogen) atoms. The van der Waals surface area contributed by atoms with Gasteiger partial charge in [0.1, 0.15) is 6.09 Å². The Hall–Kier alpha value is 0.545. The monoisotopic (exact) mass is 340 g/mol. The van der Waals surface area contributed by atoms with E-state index < -0.39 is 6.09 Å². The van der Waals surface area contributed by atoms with E-state index in [0.717, 1.165) is 19.3 Å². The molecule has 1 aliphatic rings. The van der Waals surface area contributed by atoms with Gasteiger partial charge in [0.2, 0.25) is 5.91 Å². The maximum Gasteiger partial charge on any atom is 1.00 e. The second-order valence-electron chi connectivity index (χ2n) is 6.60. The van der Waals surface area contributed by atoms with Crippen molar-refractivity contribution in [3.63, 3.8) is 0 Å². The van der Waals surface area contributed by atoms with Crippen molar-refractivity contribution in [2.75, 3.05) is 6.54 Å². The smallest absolute Gasteiger partial charge is 0.530 e. The van der Waals surface area contributed by atoms with E-state index in [9.17, 15) is 14.7 Å². The summed E-state index contributed by atoms with van der Waals surface area (Å²) in [5.74, 6) is -0.0518. The maximum absolute atomic E-state index is 11.0. The summed E-state index contributed by atoms with van der Waals surface area (Å²) in [7, 11) is 0. The van der Waals surface area contributed by atoms with E-state index in [1.807, 2.05) is 0 Å². The van der Waals surface area contributed by atoms with Crippen molar-refractivity contribution in [1.29, 1.82) is 0 Å². The van der Waals surface area contributed by atoms with E-state index in [1.165, 1.54) is 6.92 Å². The molecule has 6 heteroatoms. The normalized spacial score (nSPS) is 28.9. The molecule has 0 aromatic carbocycles. The van der Waals surface area contributed by atoms with Gasteiger partial charge in [-0.3, -0.25) is 4.79 Å². The van der Waals surface area contributed by atoms with Crippen LogP contribution >= 0.6 is 0 Å². The topological polar surface area (TPSA) is 81.3 Å². The Morgan fingerprint density at radius 3 is 2.32 bits per heavy atom. The van der Waals surface area contributed by atoms with E-state index >= 15 is 0 Å². The van der Waals surface area contributed by atoms with Crippen molar-refractivity contribution in [1.82, 2.24) is 10.6 Å². The molecule has 2 N–H and O–H groups in total. The van der Waals surface area contributed by atoms with Crippen molar-refractivity contribution < 1.29 is 72.9 Å². The molecule has 0 bridgehead atoms. The van der Waals surface area contributed by atoms with Crippen LogP contribution in [-0.4, -0.2) is 24.6 Å². The van der Waals surface area contributed by atoms with Crippen LogP contribution in [-0.2, 0) is 4.79 Å². The van der Waals surface area contributed by atoms with Crippen molar-refractivity contribution in [3.05, 3.63) is 0 Å². The van der Waals surface area contributed by atoms with E-state index in [1.54, 1.807) is 0 Å². The SMILES string of the molecule is CC(=O)NCC1(C)CC(NC(=O)[O-])CC(C)(C)C1.[Rb+]. The molecule has 1 saturated carbocycles. The molecular formula is C13H23N2O3Rb. The first-order valence-electron chi connectivity index (χ1n) is 6.34. The van der Waals surface area contributed by atoms with Gasteiger partial charge in [-0.25, -0.2) is 0 Å². The van der Waals surface area contributed by atoms with Crippen molar-refractivity contribution in [2.24, 2.45) is 10.8 Å². The van der Waals surface area contributed by atoms with E-state index in [0.29, 0.717) is 6.54 Å². The van der Waals surface area contributed by atoms with Gasteiger partial charge in [-0.15, -0.1) is 0 Å². The molecule has 0 saturated heterocycles. The fraction of sp³-hybridized carbons (Fsp3) is 0.846. The number of rotatable bonds is 3. The average Bonchev–Trinajstić information content (AvgIpc) is 2.10. The molecule has 2 unspecified atom stereocenters. The van der Waals surface area contributed by atoms with E-state index in [-0.39, 0.29) is 81.0 Å². The van der Waals surface area contributed by atoms with Crippen LogP contribution in [0.15, 0.2) is 0 Å². The minimum atomic E-state index is -1.22. The predicted octanol–water partition coefficient (Wildman–Crippen LogP) is -2.36. The first-order chi connectivity index (χ1) is 8.12. The van der Waals surface area contributed by atoms with Crippen LogP contribution in [0.5, 0.6) is 0 Å². The minimum absolute atomic E-state index is 0. The van der Waals surface area contributed by atoms with Gasteiger partial charge in [-0.05, 0) is 30.1 Å². The van der Waals surface area contributed by atoms with Crippen LogP contribution in [0.3, 0.4) is 0 Å². The Bertz CT molecular complexity index is 347.